The van der Waals surface area contributed by atoms with Gasteiger partial charge in [0, 0.05) is 25.9 Å². The molecule has 0 radical (unpaired) electrons. The van der Waals surface area contributed by atoms with Crippen molar-refractivity contribution < 1.29 is 18.9 Å². The number of ether oxygens (including phenoxy) is 4. The second kappa shape index (κ2) is 10.6. The lowest BCUT2D eigenvalue weighted by Gasteiger charge is -2.16. The smallest absolute Gasteiger partial charge is 0.123 e. The van der Waals surface area contributed by atoms with Crippen LogP contribution in [0.25, 0.3) is 0 Å². The molecule has 21 heavy (non-hydrogen) atoms. The van der Waals surface area contributed by atoms with Crippen LogP contribution in [0.3, 0.4) is 0 Å². The molecule has 0 saturated heterocycles. The lowest BCUT2D eigenvalue weighted by atomic mass is 10.0. The molecular weight excluding hydrogens is 270 g/mol. The average molecular weight is 297 g/mol. The maximum absolute atomic E-state index is 6.17. The van der Waals surface area contributed by atoms with Crippen LogP contribution in [0.2, 0.25) is 0 Å². The summed E-state index contributed by atoms with van der Waals surface area (Å²) in [4.78, 5) is 0. The molecule has 0 aliphatic heterocycles. The summed E-state index contributed by atoms with van der Waals surface area (Å²) in [6.07, 6.45) is 0.849. The number of benzene rings is 1. The largest absolute Gasteiger partial charge is 0.496 e. The Morgan fingerprint density at radius 3 is 2.52 bits per heavy atom. The highest BCUT2D eigenvalue weighted by Crippen LogP contribution is 2.25. The van der Waals surface area contributed by atoms with Crippen molar-refractivity contribution in [2.24, 2.45) is 5.73 Å². The molecule has 0 bridgehead atoms. The van der Waals surface area contributed by atoms with Gasteiger partial charge in [-0.3, -0.25) is 0 Å². The third-order valence-corrected chi connectivity index (χ3v) is 3.09. The van der Waals surface area contributed by atoms with Crippen molar-refractivity contribution in [3.63, 3.8) is 0 Å². The summed E-state index contributed by atoms with van der Waals surface area (Å²) in [6, 6.07) is 5.80. The zero-order valence-electron chi connectivity index (χ0n) is 13.3. The van der Waals surface area contributed by atoms with Crippen LogP contribution in [0.1, 0.15) is 23.6 Å². The van der Waals surface area contributed by atoms with Gasteiger partial charge in [-0.05, 0) is 19.4 Å². The number of methoxy groups -OCH3 is 2. The number of rotatable bonds is 11. The van der Waals surface area contributed by atoms with Crippen molar-refractivity contribution in [2.45, 2.75) is 19.4 Å². The van der Waals surface area contributed by atoms with E-state index in [9.17, 15) is 0 Å². The van der Waals surface area contributed by atoms with Crippen molar-refractivity contribution >= 4 is 0 Å². The van der Waals surface area contributed by atoms with Gasteiger partial charge in [0.2, 0.25) is 0 Å². The normalized spacial score (nSPS) is 12.4. The van der Waals surface area contributed by atoms with Crippen molar-refractivity contribution in [1.82, 2.24) is 0 Å². The summed E-state index contributed by atoms with van der Waals surface area (Å²) < 4.78 is 21.2. The van der Waals surface area contributed by atoms with E-state index in [4.69, 9.17) is 24.7 Å². The van der Waals surface area contributed by atoms with Crippen LogP contribution in [-0.2, 0) is 14.2 Å². The lowest BCUT2D eigenvalue weighted by Crippen LogP contribution is -2.19. The molecule has 0 fully saturated rings. The molecule has 2 N–H and O–H groups in total. The van der Waals surface area contributed by atoms with Crippen molar-refractivity contribution in [2.75, 3.05) is 47.3 Å². The maximum atomic E-state index is 6.17. The highest BCUT2D eigenvalue weighted by atomic mass is 16.5. The second-order valence-electron chi connectivity index (χ2n) is 4.89. The van der Waals surface area contributed by atoms with Gasteiger partial charge in [0.15, 0.2) is 0 Å². The van der Waals surface area contributed by atoms with E-state index in [1.165, 1.54) is 0 Å². The average Bonchev–Trinajstić information content (AvgIpc) is 2.49. The Labute approximate surface area is 127 Å². The van der Waals surface area contributed by atoms with E-state index in [1.54, 1.807) is 14.2 Å². The molecule has 0 aromatic heterocycles. The standard InChI is InChI=1S/C16H27NO4/c1-13-5-6-16(19-3)14(11-13)15(17)12-21-8-4-7-20-10-9-18-2/h5-6,11,15H,4,7-10,12,17H2,1-3H3. The predicted molar refractivity (Wildman–Crippen MR) is 82.8 cm³/mol. The molecule has 1 rings (SSSR count). The fourth-order valence-electron chi connectivity index (χ4n) is 1.95. The van der Waals surface area contributed by atoms with Crippen LogP contribution in [0.5, 0.6) is 5.75 Å². The number of hydrogen-bond donors (Lipinski definition) is 1. The maximum Gasteiger partial charge on any atom is 0.123 e. The Hall–Kier alpha value is -1.14. The summed E-state index contributed by atoms with van der Waals surface area (Å²) in [6.45, 7) is 5.06. The van der Waals surface area contributed by atoms with E-state index in [2.05, 4.69) is 0 Å². The van der Waals surface area contributed by atoms with Crippen LogP contribution in [0.4, 0.5) is 0 Å². The highest BCUT2D eigenvalue weighted by Gasteiger charge is 2.12. The third-order valence-electron chi connectivity index (χ3n) is 3.09. The Morgan fingerprint density at radius 2 is 1.81 bits per heavy atom. The van der Waals surface area contributed by atoms with Crippen LogP contribution < -0.4 is 10.5 Å². The fraction of sp³-hybridized carbons (Fsp3) is 0.625. The summed E-state index contributed by atoms with van der Waals surface area (Å²) in [5.74, 6) is 0.805. The van der Waals surface area contributed by atoms with Gasteiger partial charge < -0.3 is 24.7 Å². The van der Waals surface area contributed by atoms with Crippen molar-refractivity contribution in [3.05, 3.63) is 29.3 Å². The molecule has 0 heterocycles. The SMILES string of the molecule is COCCOCCCOCC(N)c1cc(C)ccc1OC. The van der Waals surface area contributed by atoms with Gasteiger partial charge >= 0.3 is 0 Å². The summed E-state index contributed by atoms with van der Waals surface area (Å²) in [5, 5.41) is 0. The first kappa shape index (κ1) is 17.9. The van der Waals surface area contributed by atoms with Gasteiger partial charge in [0.1, 0.15) is 5.75 Å². The predicted octanol–water partition coefficient (Wildman–Crippen LogP) is 2.07. The van der Waals surface area contributed by atoms with Gasteiger partial charge in [-0.25, -0.2) is 0 Å². The van der Waals surface area contributed by atoms with Gasteiger partial charge in [0.25, 0.3) is 0 Å². The highest BCUT2D eigenvalue weighted by molar-refractivity contribution is 5.39. The topological polar surface area (TPSA) is 62.9 Å². The van der Waals surface area contributed by atoms with E-state index >= 15 is 0 Å². The zero-order valence-corrected chi connectivity index (χ0v) is 13.3. The van der Waals surface area contributed by atoms with Crippen molar-refractivity contribution in [3.8, 4) is 5.75 Å². The quantitative estimate of drug-likeness (QED) is 0.634. The molecule has 1 unspecified atom stereocenters. The van der Waals surface area contributed by atoms with Crippen LogP contribution >= 0.6 is 0 Å². The van der Waals surface area contributed by atoms with E-state index in [-0.39, 0.29) is 6.04 Å². The Kier molecular flexibility index (Phi) is 9.01. The molecule has 0 spiro atoms. The Bertz CT molecular complexity index is 398. The fourth-order valence-corrected chi connectivity index (χ4v) is 1.95. The first-order chi connectivity index (χ1) is 10.2. The number of nitrogens with two attached hydrogens (primary N) is 1. The summed E-state index contributed by atoms with van der Waals surface area (Å²) in [5.41, 5.74) is 8.31. The monoisotopic (exact) mass is 297 g/mol. The minimum Gasteiger partial charge on any atom is -0.496 e. The van der Waals surface area contributed by atoms with E-state index in [0.29, 0.717) is 33.0 Å². The number of hydrogen-bond acceptors (Lipinski definition) is 5. The minimum absolute atomic E-state index is 0.186. The van der Waals surface area contributed by atoms with E-state index < -0.39 is 0 Å². The summed E-state index contributed by atoms with van der Waals surface area (Å²) in [7, 11) is 3.31. The first-order valence-electron chi connectivity index (χ1n) is 7.23. The Morgan fingerprint density at radius 1 is 1.05 bits per heavy atom. The molecule has 1 aromatic carbocycles. The molecule has 120 valence electrons. The molecule has 0 aliphatic carbocycles. The van der Waals surface area contributed by atoms with Gasteiger partial charge in [-0.15, -0.1) is 0 Å². The molecule has 1 atom stereocenters. The van der Waals surface area contributed by atoms with E-state index in [1.807, 2.05) is 25.1 Å². The molecule has 0 saturated carbocycles. The molecule has 5 heteroatoms. The first-order valence-corrected chi connectivity index (χ1v) is 7.23. The number of aryl methyl sites for hydroxylation is 1. The molecule has 0 aliphatic rings. The van der Waals surface area contributed by atoms with Gasteiger partial charge in [-0.2, -0.15) is 0 Å². The van der Waals surface area contributed by atoms with Crippen LogP contribution in [0.15, 0.2) is 18.2 Å². The van der Waals surface area contributed by atoms with Crippen LogP contribution in [0, 0.1) is 6.92 Å². The molecular formula is C16H27NO4. The second-order valence-corrected chi connectivity index (χ2v) is 4.89. The van der Waals surface area contributed by atoms with Crippen LogP contribution in [-0.4, -0.2) is 47.3 Å². The zero-order chi connectivity index (χ0) is 15.5. The van der Waals surface area contributed by atoms with Gasteiger partial charge in [-0.1, -0.05) is 17.7 Å². The molecule has 1 aromatic rings. The third kappa shape index (κ3) is 6.91. The molecule has 0 amide bonds. The van der Waals surface area contributed by atoms with Gasteiger partial charge in [0.05, 0.1) is 33.0 Å². The lowest BCUT2D eigenvalue weighted by molar-refractivity contribution is 0.0491. The summed E-state index contributed by atoms with van der Waals surface area (Å²) >= 11 is 0. The Balaban J connectivity index is 2.24. The van der Waals surface area contributed by atoms with Crippen molar-refractivity contribution in [1.29, 1.82) is 0 Å². The minimum atomic E-state index is -0.186. The van der Waals surface area contributed by atoms with E-state index in [0.717, 1.165) is 23.3 Å². The molecule has 5 nitrogen and oxygen atoms in total.